The van der Waals surface area contributed by atoms with Gasteiger partial charge in [0.05, 0.1) is 12.5 Å². The van der Waals surface area contributed by atoms with Crippen molar-refractivity contribution in [3.8, 4) is 0 Å². The number of hydrogen-bond donors (Lipinski definition) is 7. The molecule has 1 aliphatic heterocycles. The van der Waals surface area contributed by atoms with Crippen LogP contribution in [0.5, 0.6) is 0 Å². The van der Waals surface area contributed by atoms with E-state index >= 15 is 0 Å². The summed E-state index contributed by atoms with van der Waals surface area (Å²) < 4.78 is 0. The van der Waals surface area contributed by atoms with Gasteiger partial charge in [-0.15, -0.1) is 0 Å². The van der Waals surface area contributed by atoms with Gasteiger partial charge in [0.2, 0.25) is 23.6 Å². The molecule has 1 heterocycles. The van der Waals surface area contributed by atoms with Gasteiger partial charge >= 0.3 is 11.9 Å². The molecule has 0 aliphatic carbocycles. The molecule has 31 heavy (non-hydrogen) atoms. The van der Waals surface area contributed by atoms with Crippen molar-refractivity contribution in [1.82, 2.24) is 15.5 Å². The van der Waals surface area contributed by atoms with E-state index in [-0.39, 0.29) is 31.6 Å². The van der Waals surface area contributed by atoms with E-state index in [0.717, 1.165) is 4.90 Å². The molecule has 1 fully saturated rings. The third-order valence-corrected chi connectivity index (χ3v) is 5.05. The first kappa shape index (κ1) is 26.2. The molecule has 0 spiro atoms. The molecule has 0 saturated carbocycles. The van der Waals surface area contributed by atoms with E-state index < -0.39 is 66.2 Å². The minimum atomic E-state index is -1.57. The molecule has 1 rings (SSSR count). The SMILES string of the molecule is NC(=O)CCC(NC(=O)C(N)CS)C(=O)NC(CC(=O)O)C(=O)N1CCCC1C(=O)O. The van der Waals surface area contributed by atoms with Gasteiger partial charge in [-0.05, 0) is 19.3 Å². The predicted octanol–water partition coefficient (Wildman–Crippen LogP) is -2.97. The topological polar surface area (TPSA) is 222 Å². The molecule has 4 amide bonds. The lowest BCUT2D eigenvalue weighted by molar-refractivity contribution is -0.150. The molecule has 13 nitrogen and oxygen atoms in total. The van der Waals surface area contributed by atoms with Gasteiger partial charge in [0.1, 0.15) is 18.1 Å². The number of carbonyl (C=O) groups excluding carboxylic acids is 4. The Kier molecular flexibility index (Phi) is 10.2. The maximum atomic E-state index is 12.8. The molecule has 0 radical (unpaired) electrons. The summed E-state index contributed by atoms with van der Waals surface area (Å²) in [6, 6.07) is -5.08. The van der Waals surface area contributed by atoms with Crippen LogP contribution in [-0.4, -0.2) is 87.1 Å². The van der Waals surface area contributed by atoms with Crippen molar-refractivity contribution in [3.63, 3.8) is 0 Å². The van der Waals surface area contributed by atoms with Gasteiger partial charge in [-0.25, -0.2) is 4.79 Å². The fraction of sp³-hybridized carbons (Fsp3) is 0.647. The van der Waals surface area contributed by atoms with Gasteiger partial charge in [-0.2, -0.15) is 12.6 Å². The first-order valence-corrected chi connectivity index (χ1v) is 10.1. The van der Waals surface area contributed by atoms with Crippen LogP contribution in [0.15, 0.2) is 0 Å². The molecule has 8 N–H and O–H groups in total. The highest BCUT2D eigenvalue weighted by Gasteiger charge is 2.39. The van der Waals surface area contributed by atoms with Crippen molar-refractivity contribution >= 4 is 48.2 Å². The van der Waals surface area contributed by atoms with Crippen molar-refractivity contribution < 1.29 is 39.0 Å². The number of nitrogens with one attached hydrogen (secondary N) is 2. The third-order valence-electron chi connectivity index (χ3n) is 4.66. The van der Waals surface area contributed by atoms with Crippen molar-refractivity contribution in [2.75, 3.05) is 12.3 Å². The number of rotatable bonds is 12. The highest BCUT2D eigenvalue weighted by molar-refractivity contribution is 7.80. The number of likely N-dealkylation sites (tertiary alicyclic amines) is 1. The van der Waals surface area contributed by atoms with Crippen molar-refractivity contribution in [2.24, 2.45) is 11.5 Å². The number of carboxylic acid groups (broad SMARTS) is 2. The molecule has 4 unspecified atom stereocenters. The first-order valence-electron chi connectivity index (χ1n) is 9.48. The summed E-state index contributed by atoms with van der Waals surface area (Å²) in [5, 5.41) is 22.9. The number of aliphatic carboxylic acids is 2. The zero-order valence-electron chi connectivity index (χ0n) is 16.7. The number of amides is 4. The Bertz CT molecular complexity index is 733. The number of nitrogens with zero attached hydrogens (tertiary/aromatic N) is 1. The lowest BCUT2D eigenvalue weighted by Gasteiger charge is -2.28. The fourth-order valence-electron chi connectivity index (χ4n) is 3.05. The highest BCUT2D eigenvalue weighted by Crippen LogP contribution is 2.19. The Morgan fingerprint density at radius 2 is 1.68 bits per heavy atom. The minimum Gasteiger partial charge on any atom is -0.481 e. The molecule has 174 valence electrons. The Labute approximate surface area is 183 Å². The second kappa shape index (κ2) is 12.1. The standard InChI is InChI=1S/C17H27N5O8S/c18-8(7-31)14(26)20-9(3-4-12(19)23)15(27)21-10(6-13(24)25)16(28)22-5-1-2-11(22)17(29)30/h8-11,31H,1-7,18H2,(H2,19,23)(H,20,26)(H,21,27)(H,24,25)(H,29,30). The van der Waals surface area contributed by atoms with Crippen LogP contribution in [-0.2, 0) is 28.8 Å². The molecular weight excluding hydrogens is 434 g/mol. The summed E-state index contributed by atoms with van der Waals surface area (Å²) >= 11 is 3.88. The maximum absolute atomic E-state index is 12.8. The van der Waals surface area contributed by atoms with Crippen molar-refractivity contribution in [1.29, 1.82) is 0 Å². The Hall–Kier alpha value is -2.87. The maximum Gasteiger partial charge on any atom is 0.326 e. The third kappa shape index (κ3) is 8.05. The number of nitrogens with two attached hydrogens (primary N) is 2. The fourth-order valence-corrected chi connectivity index (χ4v) is 3.22. The zero-order chi connectivity index (χ0) is 23.7. The molecule has 4 atom stereocenters. The lowest BCUT2D eigenvalue weighted by atomic mass is 10.1. The molecule has 0 aromatic rings. The average Bonchev–Trinajstić information content (AvgIpc) is 3.18. The summed E-state index contributed by atoms with van der Waals surface area (Å²) in [5.74, 6) is -5.96. The van der Waals surface area contributed by atoms with Gasteiger partial charge in [-0.3, -0.25) is 24.0 Å². The van der Waals surface area contributed by atoms with Crippen LogP contribution < -0.4 is 22.1 Å². The summed E-state index contributed by atoms with van der Waals surface area (Å²) in [5.41, 5.74) is 10.6. The van der Waals surface area contributed by atoms with Crippen LogP contribution in [0.4, 0.5) is 0 Å². The molecular formula is C17H27N5O8S. The number of carboxylic acids is 2. The van der Waals surface area contributed by atoms with Crippen LogP contribution in [0.25, 0.3) is 0 Å². The van der Waals surface area contributed by atoms with E-state index in [9.17, 15) is 33.9 Å². The number of primary amides is 1. The molecule has 1 aliphatic rings. The average molecular weight is 461 g/mol. The largest absolute Gasteiger partial charge is 0.481 e. The van der Waals surface area contributed by atoms with Crippen LogP contribution in [0.2, 0.25) is 0 Å². The molecule has 1 saturated heterocycles. The van der Waals surface area contributed by atoms with Crippen molar-refractivity contribution in [2.45, 2.75) is 56.3 Å². The van der Waals surface area contributed by atoms with Gasteiger partial charge in [-0.1, -0.05) is 0 Å². The van der Waals surface area contributed by atoms with Crippen LogP contribution in [0, 0.1) is 0 Å². The van der Waals surface area contributed by atoms with E-state index in [4.69, 9.17) is 16.6 Å². The molecule has 0 aromatic carbocycles. The minimum absolute atomic E-state index is 0.0261. The van der Waals surface area contributed by atoms with Gasteiger partial charge < -0.3 is 37.2 Å². The quantitative estimate of drug-likeness (QED) is 0.147. The molecule has 0 bridgehead atoms. The lowest BCUT2D eigenvalue weighted by Crippen LogP contribution is -2.57. The van der Waals surface area contributed by atoms with Gasteiger partial charge in [0.15, 0.2) is 0 Å². The smallest absolute Gasteiger partial charge is 0.326 e. The summed E-state index contributed by atoms with van der Waals surface area (Å²) in [4.78, 5) is 72.2. The Morgan fingerprint density at radius 3 is 2.19 bits per heavy atom. The predicted molar refractivity (Wildman–Crippen MR) is 109 cm³/mol. The van der Waals surface area contributed by atoms with Gasteiger partial charge in [0.25, 0.3) is 0 Å². The van der Waals surface area contributed by atoms with E-state index in [1.165, 1.54) is 0 Å². The molecule has 0 aromatic heterocycles. The number of thiol groups is 1. The number of hydrogen-bond acceptors (Lipinski definition) is 8. The summed E-state index contributed by atoms with van der Waals surface area (Å²) in [7, 11) is 0. The van der Waals surface area contributed by atoms with Crippen LogP contribution in [0.3, 0.4) is 0 Å². The highest BCUT2D eigenvalue weighted by atomic mass is 32.1. The monoisotopic (exact) mass is 461 g/mol. The number of carbonyl (C=O) groups is 6. The zero-order valence-corrected chi connectivity index (χ0v) is 17.5. The summed E-state index contributed by atoms with van der Waals surface area (Å²) in [6.07, 6.45) is -0.690. The second-order valence-corrected chi connectivity index (χ2v) is 7.41. The van der Waals surface area contributed by atoms with Crippen molar-refractivity contribution in [3.05, 3.63) is 0 Å². The van der Waals surface area contributed by atoms with Crippen LogP contribution >= 0.6 is 12.6 Å². The molecule has 14 heteroatoms. The first-order chi connectivity index (χ1) is 14.5. The Morgan fingerprint density at radius 1 is 1.06 bits per heavy atom. The van der Waals surface area contributed by atoms with Crippen LogP contribution in [0.1, 0.15) is 32.1 Å². The van der Waals surface area contributed by atoms with Gasteiger partial charge in [0, 0.05) is 18.7 Å². The van der Waals surface area contributed by atoms with E-state index in [2.05, 4.69) is 23.3 Å². The Balaban J connectivity index is 3.02. The second-order valence-electron chi connectivity index (χ2n) is 7.04. The normalized spacial score (nSPS) is 18.5. The van der Waals surface area contributed by atoms with E-state index in [1.54, 1.807) is 0 Å². The summed E-state index contributed by atoms with van der Waals surface area (Å²) in [6.45, 7) is 0.0976. The van der Waals surface area contributed by atoms with E-state index in [1.807, 2.05) is 0 Å². The van der Waals surface area contributed by atoms with E-state index in [0.29, 0.717) is 6.42 Å².